The summed E-state index contributed by atoms with van der Waals surface area (Å²) in [5, 5.41) is 21.2. The molecule has 8 nitrogen and oxygen atoms in total. The summed E-state index contributed by atoms with van der Waals surface area (Å²) >= 11 is 0. The van der Waals surface area contributed by atoms with Gasteiger partial charge in [-0.25, -0.2) is 0 Å². The van der Waals surface area contributed by atoms with Crippen LogP contribution in [0.5, 0.6) is 5.75 Å². The Labute approximate surface area is 192 Å². The zero-order valence-corrected chi connectivity index (χ0v) is 17.9. The average molecular weight is 471 g/mol. The second-order valence-electron chi connectivity index (χ2n) is 7.76. The number of nitrogens with one attached hydrogen (secondary N) is 2. The van der Waals surface area contributed by atoms with Crippen LogP contribution in [0, 0.1) is 11.3 Å². The highest BCUT2D eigenvalue weighted by Crippen LogP contribution is 2.34. The molecule has 0 radical (unpaired) electrons. The molecule has 34 heavy (non-hydrogen) atoms. The molecule has 0 bridgehead atoms. The van der Waals surface area contributed by atoms with Crippen molar-refractivity contribution in [3.05, 3.63) is 59.5 Å². The molecule has 1 fully saturated rings. The van der Waals surface area contributed by atoms with E-state index in [1.165, 1.54) is 18.6 Å². The summed E-state index contributed by atoms with van der Waals surface area (Å²) in [6.45, 7) is 0. The third-order valence-electron chi connectivity index (χ3n) is 5.28. The molecule has 3 aromatic rings. The monoisotopic (exact) mass is 471 g/mol. The summed E-state index contributed by atoms with van der Waals surface area (Å²) in [7, 11) is 0. The smallest absolute Gasteiger partial charge is 0.417 e. The molecule has 1 heterocycles. The first-order valence-electron chi connectivity index (χ1n) is 10.6. The van der Waals surface area contributed by atoms with Crippen LogP contribution < -0.4 is 15.4 Å². The van der Waals surface area contributed by atoms with Gasteiger partial charge in [0.05, 0.1) is 23.3 Å². The maximum absolute atomic E-state index is 13.1. The van der Waals surface area contributed by atoms with E-state index >= 15 is 0 Å². The summed E-state index contributed by atoms with van der Waals surface area (Å²) in [5.74, 6) is -0.346. The lowest BCUT2D eigenvalue weighted by molar-refractivity contribution is -0.137. The van der Waals surface area contributed by atoms with Crippen molar-refractivity contribution in [2.45, 2.75) is 44.4 Å². The van der Waals surface area contributed by atoms with E-state index in [9.17, 15) is 18.0 Å². The summed E-state index contributed by atoms with van der Waals surface area (Å²) in [4.78, 5) is 12.4. The quantitative estimate of drug-likeness (QED) is 0.476. The molecule has 0 spiro atoms. The molecule has 176 valence electrons. The summed E-state index contributed by atoms with van der Waals surface area (Å²) < 4.78 is 50.5. The zero-order chi connectivity index (χ0) is 24.1. The van der Waals surface area contributed by atoms with Crippen LogP contribution in [0.15, 0.2) is 46.9 Å². The Balaban J connectivity index is 1.37. The normalized spacial score (nSPS) is 14.3. The summed E-state index contributed by atoms with van der Waals surface area (Å²) in [6, 6.07) is 11.1. The fourth-order valence-electron chi connectivity index (χ4n) is 3.62. The predicted molar refractivity (Wildman–Crippen MR) is 116 cm³/mol. The zero-order valence-electron chi connectivity index (χ0n) is 17.9. The maximum atomic E-state index is 13.1. The lowest BCUT2D eigenvalue weighted by Gasteiger charge is -2.23. The number of ether oxygens (including phenoxy) is 1. The molecular weight excluding hydrogens is 451 g/mol. The number of nitrogens with zero attached hydrogens (tertiary/aromatic N) is 3. The number of carbonyl (C=O) groups is 1. The highest BCUT2D eigenvalue weighted by atomic mass is 19.4. The van der Waals surface area contributed by atoms with Crippen LogP contribution in [0.2, 0.25) is 0 Å². The van der Waals surface area contributed by atoms with Gasteiger partial charge in [-0.3, -0.25) is 4.79 Å². The molecule has 2 N–H and O–H groups in total. The van der Waals surface area contributed by atoms with Crippen molar-refractivity contribution >= 4 is 23.3 Å². The number of aromatic nitrogens is 2. The Hall–Kier alpha value is -4.07. The number of amides is 1. The third kappa shape index (κ3) is 5.64. The standard InChI is InChI=1S/C23H20F3N5O3/c24-23(25,26)19-12-16(7-6-14(19)13-27)29-22-31-30-21(34-22)20(32)28-15-8-10-18(11-9-15)33-17-4-2-1-3-5-17/h6-12,17H,1-5H2,(H,28,32)(H,29,31). The van der Waals surface area contributed by atoms with Gasteiger partial charge in [0, 0.05) is 11.4 Å². The minimum Gasteiger partial charge on any atom is -0.490 e. The van der Waals surface area contributed by atoms with Gasteiger partial charge in [-0.05, 0) is 68.1 Å². The number of halogens is 3. The lowest BCUT2D eigenvalue weighted by atomic mass is 9.98. The van der Waals surface area contributed by atoms with E-state index in [4.69, 9.17) is 14.4 Å². The molecule has 1 saturated carbocycles. The number of alkyl halides is 3. The Morgan fingerprint density at radius 2 is 1.76 bits per heavy atom. The maximum Gasteiger partial charge on any atom is 0.417 e. The average Bonchev–Trinajstić information content (AvgIpc) is 3.29. The highest BCUT2D eigenvalue weighted by molar-refractivity contribution is 6.00. The molecule has 1 aliphatic rings. The molecule has 0 saturated heterocycles. The molecule has 0 aliphatic heterocycles. The van der Waals surface area contributed by atoms with Crippen molar-refractivity contribution in [1.29, 1.82) is 5.26 Å². The van der Waals surface area contributed by atoms with Crippen LogP contribution in [-0.2, 0) is 6.18 Å². The van der Waals surface area contributed by atoms with E-state index in [1.807, 2.05) is 0 Å². The highest BCUT2D eigenvalue weighted by Gasteiger charge is 2.34. The molecule has 2 aromatic carbocycles. The van der Waals surface area contributed by atoms with Gasteiger partial charge < -0.3 is 19.8 Å². The van der Waals surface area contributed by atoms with E-state index in [-0.39, 0.29) is 23.7 Å². The van der Waals surface area contributed by atoms with Crippen LogP contribution >= 0.6 is 0 Å². The fraction of sp³-hybridized carbons (Fsp3) is 0.304. The van der Waals surface area contributed by atoms with E-state index in [2.05, 4.69) is 20.8 Å². The first-order chi connectivity index (χ1) is 16.3. The van der Waals surface area contributed by atoms with Crippen molar-refractivity contribution in [1.82, 2.24) is 10.2 Å². The van der Waals surface area contributed by atoms with Crippen LogP contribution in [0.4, 0.5) is 30.6 Å². The number of rotatable bonds is 6. The SMILES string of the molecule is N#Cc1ccc(Nc2nnc(C(=O)Nc3ccc(OC4CCCCC4)cc3)o2)cc1C(F)(F)F. The second kappa shape index (κ2) is 9.82. The number of hydrogen-bond acceptors (Lipinski definition) is 7. The lowest BCUT2D eigenvalue weighted by Crippen LogP contribution is -2.19. The summed E-state index contributed by atoms with van der Waals surface area (Å²) in [5.41, 5.74) is -1.17. The van der Waals surface area contributed by atoms with E-state index in [0.29, 0.717) is 5.69 Å². The Morgan fingerprint density at radius 3 is 2.44 bits per heavy atom. The molecule has 11 heteroatoms. The Bertz CT molecular complexity index is 1200. The molecule has 4 rings (SSSR count). The topological polar surface area (TPSA) is 113 Å². The van der Waals surface area contributed by atoms with Crippen molar-refractivity contribution in [2.75, 3.05) is 10.6 Å². The molecule has 1 aromatic heterocycles. The van der Waals surface area contributed by atoms with E-state index < -0.39 is 23.2 Å². The first-order valence-corrected chi connectivity index (χ1v) is 10.6. The van der Waals surface area contributed by atoms with Gasteiger partial charge in [0.1, 0.15) is 5.75 Å². The van der Waals surface area contributed by atoms with Gasteiger partial charge in [-0.2, -0.15) is 18.4 Å². The molecule has 0 atom stereocenters. The number of carbonyl (C=O) groups excluding carboxylic acids is 1. The number of anilines is 3. The van der Waals surface area contributed by atoms with Crippen LogP contribution in [-0.4, -0.2) is 22.2 Å². The largest absolute Gasteiger partial charge is 0.490 e. The Kier molecular flexibility index (Phi) is 6.67. The molecule has 1 aliphatic carbocycles. The van der Waals surface area contributed by atoms with Gasteiger partial charge in [0.2, 0.25) is 0 Å². The number of nitriles is 1. The number of hydrogen-bond donors (Lipinski definition) is 2. The predicted octanol–water partition coefficient (Wildman–Crippen LogP) is 5.67. The molecule has 0 unspecified atom stereocenters. The summed E-state index contributed by atoms with van der Waals surface area (Å²) in [6.07, 6.45) is 1.13. The van der Waals surface area contributed by atoms with Crippen molar-refractivity contribution in [3.8, 4) is 11.8 Å². The molecule has 1 amide bonds. The van der Waals surface area contributed by atoms with Crippen LogP contribution in [0.25, 0.3) is 0 Å². The van der Waals surface area contributed by atoms with Crippen molar-refractivity contribution in [3.63, 3.8) is 0 Å². The van der Waals surface area contributed by atoms with Crippen LogP contribution in [0.1, 0.15) is 53.9 Å². The van der Waals surface area contributed by atoms with Gasteiger partial charge >= 0.3 is 24.0 Å². The minimum atomic E-state index is -4.71. The van der Waals surface area contributed by atoms with Gasteiger partial charge in [0.15, 0.2) is 0 Å². The first kappa shape index (κ1) is 23.1. The molecular formula is C23H20F3N5O3. The van der Waals surface area contributed by atoms with Crippen molar-refractivity contribution < 1.29 is 27.1 Å². The third-order valence-corrected chi connectivity index (χ3v) is 5.28. The fourth-order valence-corrected chi connectivity index (χ4v) is 3.62. The van der Waals surface area contributed by atoms with E-state index in [1.54, 1.807) is 24.3 Å². The van der Waals surface area contributed by atoms with Crippen LogP contribution in [0.3, 0.4) is 0 Å². The van der Waals surface area contributed by atoms with Gasteiger partial charge in [-0.15, -0.1) is 5.10 Å². The second-order valence-corrected chi connectivity index (χ2v) is 7.76. The van der Waals surface area contributed by atoms with Gasteiger partial charge in [-0.1, -0.05) is 11.5 Å². The van der Waals surface area contributed by atoms with Crippen molar-refractivity contribution in [2.24, 2.45) is 0 Å². The number of benzene rings is 2. The van der Waals surface area contributed by atoms with E-state index in [0.717, 1.165) is 43.6 Å². The Morgan fingerprint density at radius 1 is 1.06 bits per heavy atom. The minimum absolute atomic E-state index is 0.0320. The van der Waals surface area contributed by atoms with Gasteiger partial charge in [0.25, 0.3) is 0 Å².